The van der Waals surface area contributed by atoms with E-state index < -0.39 is 47.9 Å². The first-order chi connectivity index (χ1) is 9.72. The molecule has 0 aromatic heterocycles. The van der Waals surface area contributed by atoms with Crippen molar-refractivity contribution in [3.05, 3.63) is 0 Å². The molecule has 0 amide bonds. The normalized spacial score (nSPS) is 32.1. The summed E-state index contributed by atoms with van der Waals surface area (Å²) in [6, 6.07) is 0. The number of carbonyl (C=O) groups excluding carboxylic acids is 3. The number of ether oxygens (including phenoxy) is 4. The van der Waals surface area contributed by atoms with Crippen LogP contribution in [0, 0.1) is 0 Å². The molecule has 1 fully saturated rings. The minimum atomic E-state index is -1.52. The van der Waals surface area contributed by atoms with Crippen LogP contribution in [-0.4, -0.2) is 59.6 Å². The van der Waals surface area contributed by atoms with Crippen LogP contribution in [0.2, 0.25) is 0 Å². The van der Waals surface area contributed by atoms with Gasteiger partial charge in [-0.25, -0.2) is 0 Å². The van der Waals surface area contributed by atoms with E-state index in [4.69, 9.17) is 30.5 Å². The molecule has 5 atom stereocenters. The van der Waals surface area contributed by atoms with Crippen molar-refractivity contribution in [1.29, 1.82) is 0 Å². The third-order valence-corrected chi connectivity index (χ3v) is 3.14. The van der Waals surface area contributed by atoms with E-state index in [0.717, 1.165) is 6.92 Å². The fourth-order valence-electron chi connectivity index (χ4n) is 1.86. The van der Waals surface area contributed by atoms with Crippen LogP contribution in [0.15, 0.2) is 0 Å². The molecular formula is C12H17ClO8. The van der Waals surface area contributed by atoms with Crippen LogP contribution in [0.3, 0.4) is 0 Å². The van der Waals surface area contributed by atoms with E-state index in [9.17, 15) is 19.5 Å². The number of rotatable bonds is 4. The predicted molar refractivity (Wildman–Crippen MR) is 68.3 cm³/mol. The molecule has 120 valence electrons. The summed E-state index contributed by atoms with van der Waals surface area (Å²) in [7, 11) is 0. The third kappa shape index (κ3) is 5.14. The minimum absolute atomic E-state index is 0.264. The molecule has 1 heterocycles. The standard InChI is InChI=1S/C12H17ClO8/c1-5(14)18-4-8-10(19-6(2)15)9(13)11(12(17)21-8)20-7(3)16/h8-12,17H,4H2,1-3H3/t8-,9+,10+,11-,12+/m0/s1. The highest BCUT2D eigenvalue weighted by molar-refractivity contribution is 6.21. The van der Waals surface area contributed by atoms with Gasteiger partial charge in [-0.3, -0.25) is 14.4 Å². The largest absolute Gasteiger partial charge is 0.463 e. The Morgan fingerprint density at radius 1 is 1.05 bits per heavy atom. The molecule has 0 aromatic carbocycles. The van der Waals surface area contributed by atoms with E-state index >= 15 is 0 Å². The maximum absolute atomic E-state index is 11.1. The monoisotopic (exact) mass is 324 g/mol. The molecule has 0 unspecified atom stereocenters. The molecule has 8 nitrogen and oxygen atoms in total. The Kier molecular flexibility index (Phi) is 6.38. The Morgan fingerprint density at radius 3 is 2.05 bits per heavy atom. The second kappa shape index (κ2) is 7.58. The lowest BCUT2D eigenvalue weighted by Gasteiger charge is -2.40. The smallest absolute Gasteiger partial charge is 0.303 e. The molecule has 1 rings (SSSR count). The number of esters is 3. The van der Waals surface area contributed by atoms with Crippen LogP contribution < -0.4 is 0 Å². The minimum Gasteiger partial charge on any atom is -0.463 e. The lowest BCUT2D eigenvalue weighted by Crippen LogP contribution is -2.59. The zero-order valence-electron chi connectivity index (χ0n) is 11.8. The van der Waals surface area contributed by atoms with Crippen molar-refractivity contribution in [2.45, 2.75) is 50.8 Å². The van der Waals surface area contributed by atoms with Gasteiger partial charge in [0, 0.05) is 20.8 Å². The van der Waals surface area contributed by atoms with Gasteiger partial charge in [0.15, 0.2) is 18.5 Å². The number of alkyl halides is 1. The summed E-state index contributed by atoms with van der Waals surface area (Å²) in [5, 5.41) is 8.76. The highest BCUT2D eigenvalue weighted by Gasteiger charge is 2.48. The topological polar surface area (TPSA) is 108 Å². The zero-order valence-corrected chi connectivity index (χ0v) is 12.5. The molecule has 9 heteroatoms. The van der Waals surface area contributed by atoms with Crippen LogP contribution >= 0.6 is 11.6 Å². The van der Waals surface area contributed by atoms with Crippen molar-refractivity contribution >= 4 is 29.5 Å². The number of aliphatic hydroxyl groups excluding tert-OH is 1. The molecule has 0 spiro atoms. The summed E-state index contributed by atoms with van der Waals surface area (Å²) in [4.78, 5) is 33.0. The fourth-order valence-corrected chi connectivity index (χ4v) is 2.25. The van der Waals surface area contributed by atoms with E-state index in [1.54, 1.807) is 0 Å². The van der Waals surface area contributed by atoms with Gasteiger partial charge in [0.2, 0.25) is 0 Å². The highest BCUT2D eigenvalue weighted by Crippen LogP contribution is 2.29. The van der Waals surface area contributed by atoms with Crippen molar-refractivity contribution in [3.63, 3.8) is 0 Å². The molecule has 0 saturated carbocycles. The lowest BCUT2D eigenvalue weighted by atomic mass is 10.0. The summed E-state index contributed by atoms with van der Waals surface area (Å²) >= 11 is 6.11. The Labute approximate surface area is 126 Å². The summed E-state index contributed by atoms with van der Waals surface area (Å²) in [6.45, 7) is 3.24. The van der Waals surface area contributed by atoms with Gasteiger partial charge in [0.25, 0.3) is 0 Å². The van der Waals surface area contributed by atoms with E-state index in [-0.39, 0.29) is 6.61 Å². The first kappa shape index (κ1) is 17.7. The van der Waals surface area contributed by atoms with Gasteiger partial charge in [0.05, 0.1) is 0 Å². The van der Waals surface area contributed by atoms with E-state index in [2.05, 4.69) is 0 Å². The first-order valence-corrected chi connectivity index (χ1v) is 6.61. The van der Waals surface area contributed by atoms with Crippen LogP contribution in [0.5, 0.6) is 0 Å². The maximum atomic E-state index is 11.1. The molecule has 0 aliphatic carbocycles. The highest BCUT2D eigenvalue weighted by atomic mass is 35.5. The summed E-state index contributed by atoms with van der Waals surface area (Å²) in [5.41, 5.74) is 0. The summed E-state index contributed by atoms with van der Waals surface area (Å²) < 4.78 is 19.8. The van der Waals surface area contributed by atoms with Gasteiger partial charge in [-0.15, -0.1) is 11.6 Å². The number of hydrogen-bond acceptors (Lipinski definition) is 8. The average molecular weight is 325 g/mol. The Balaban J connectivity index is 2.86. The molecule has 1 saturated heterocycles. The van der Waals surface area contributed by atoms with Crippen LogP contribution in [0.25, 0.3) is 0 Å². The Hall–Kier alpha value is -1.38. The molecular weight excluding hydrogens is 308 g/mol. The van der Waals surface area contributed by atoms with Crippen molar-refractivity contribution in [1.82, 2.24) is 0 Å². The fraction of sp³-hybridized carbons (Fsp3) is 0.750. The van der Waals surface area contributed by atoms with E-state index in [1.165, 1.54) is 13.8 Å². The Bertz CT molecular complexity index is 410. The molecule has 0 aromatic rings. The van der Waals surface area contributed by atoms with Crippen molar-refractivity contribution in [2.75, 3.05) is 6.61 Å². The molecule has 0 bridgehead atoms. The van der Waals surface area contributed by atoms with Gasteiger partial charge in [-0.05, 0) is 0 Å². The molecule has 1 aliphatic rings. The summed E-state index contributed by atoms with van der Waals surface area (Å²) in [5.74, 6) is -1.88. The van der Waals surface area contributed by atoms with Crippen LogP contribution in [0.1, 0.15) is 20.8 Å². The maximum Gasteiger partial charge on any atom is 0.303 e. The van der Waals surface area contributed by atoms with Crippen LogP contribution in [-0.2, 0) is 33.3 Å². The van der Waals surface area contributed by atoms with Crippen LogP contribution in [0.4, 0.5) is 0 Å². The predicted octanol–water partition coefficient (Wildman–Crippen LogP) is -0.263. The molecule has 1 N–H and O–H groups in total. The van der Waals surface area contributed by atoms with Gasteiger partial charge in [0.1, 0.15) is 18.1 Å². The van der Waals surface area contributed by atoms with Crippen molar-refractivity contribution < 1.29 is 38.4 Å². The average Bonchev–Trinajstić information content (AvgIpc) is 2.35. The SMILES string of the molecule is CC(=O)OC[C@@H]1O[C@@H](O)[C@@H](OC(C)=O)[C@H](Cl)[C@@H]1OC(C)=O. The number of aliphatic hydroxyl groups is 1. The van der Waals surface area contributed by atoms with Crippen molar-refractivity contribution in [3.8, 4) is 0 Å². The third-order valence-electron chi connectivity index (χ3n) is 2.64. The van der Waals surface area contributed by atoms with E-state index in [0.29, 0.717) is 0 Å². The second-order valence-corrected chi connectivity index (χ2v) is 4.96. The molecule has 0 radical (unpaired) electrons. The van der Waals surface area contributed by atoms with E-state index in [1.807, 2.05) is 0 Å². The van der Waals surface area contributed by atoms with Crippen molar-refractivity contribution in [2.24, 2.45) is 0 Å². The molecule has 21 heavy (non-hydrogen) atoms. The quantitative estimate of drug-likeness (QED) is 0.428. The van der Waals surface area contributed by atoms with Gasteiger partial charge in [-0.1, -0.05) is 0 Å². The van der Waals surface area contributed by atoms with Gasteiger partial charge >= 0.3 is 17.9 Å². The summed E-state index contributed by atoms with van der Waals surface area (Å²) in [6.07, 6.45) is -4.75. The lowest BCUT2D eigenvalue weighted by molar-refractivity contribution is -0.260. The zero-order chi connectivity index (χ0) is 16.2. The van der Waals surface area contributed by atoms with Gasteiger partial charge < -0.3 is 24.1 Å². The number of halogens is 1. The number of hydrogen-bond donors (Lipinski definition) is 1. The number of carbonyl (C=O) groups is 3. The molecule has 1 aliphatic heterocycles. The second-order valence-electron chi connectivity index (χ2n) is 4.46. The van der Waals surface area contributed by atoms with Gasteiger partial charge in [-0.2, -0.15) is 0 Å². The first-order valence-electron chi connectivity index (χ1n) is 6.17. The Morgan fingerprint density at radius 2 is 1.57 bits per heavy atom.